The second-order valence-electron chi connectivity index (χ2n) is 6.29. The molecule has 160 valence electrons. The van der Waals surface area contributed by atoms with Gasteiger partial charge in [0.15, 0.2) is 11.7 Å². The number of benzene rings is 1. The van der Waals surface area contributed by atoms with Gasteiger partial charge in [-0.15, -0.1) is 24.0 Å². The molecule has 0 aliphatic carbocycles. The van der Waals surface area contributed by atoms with Crippen LogP contribution in [0.4, 0.5) is 0 Å². The van der Waals surface area contributed by atoms with E-state index in [0.29, 0.717) is 18.8 Å². The second kappa shape index (κ2) is 13.9. The third-order valence-electron chi connectivity index (χ3n) is 4.18. The molecule has 0 radical (unpaired) electrons. The van der Waals surface area contributed by atoms with Crippen molar-refractivity contribution in [2.75, 3.05) is 33.3 Å². The van der Waals surface area contributed by atoms with Gasteiger partial charge in [0.25, 0.3) is 5.91 Å². The molecule has 0 unspecified atom stereocenters. The molecule has 0 atom stereocenters. The summed E-state index contributed by atoms with van der Waals surface area (Å²) in [5.74, 6) is 1.85. The lowest BCUT2D eigenvalue weighted by atomic mass is 10.1. The zero-order valence-electron chi connectivity index (χ0n) is 17.3. The van der Waals surface area contributed by atoms with Gasteiger partial charge in [0.2, 0.25) is 0 Å². The number of guanidine groups is 1. The third-order valence-corrected chi connectivity index (χ3v) is 4.18. The van der Waals surface area contributed by atoms with E-state index in [-0.39, 0.29) is 29.9 Å². The summed E-state index contributed by atoms with van der Waals surface area (Å²) in [6, 6.07) is 9.78. The van der Waals surface area contributed by atoms with Crippen LogP contribution in [0, 0.1) is 6.92 Å². The van der Waals surface area contributed by atoms with Gasteiger partial charge in [-0.3, -0.25) is 9.79 Å². The van der Waals surface area contributed by atoms with Crippen molar-refractivity contribution in [3.8, 4) is 5.75 Å². The smallest absolute Gasteiger partial charge is 0.287 e. The molecular formula is C21H31IN4O3. The topological polar surface area (TPSA) is 87.9 Å². The van der Waals surface area contributed by atoms with Gasteiger partial charge in [-0.1, -0.05) is 18.2 Å². The Balaban J connectivity index is 0.00000420. The number of halogens is 1. The van der Waals surface area contributed by atoms with Crippen LogP contribution in [0.15, 0.2) is 46.0 Å². The van der Waals surface area contributed by atoms with Crippen LogP contribution in [0.2, 0.25) is 0 Å². The van der Waals surface area contributed by atoms with E-state index in [1.54, 1.807) is 13.2 Å². The molecule has 1 aromatic heterocycles. The number of carbonyl (C=O) groups is 1. The largest absolute Gasteiger partial charge is 0.496 e. The van der Waals surface area contributed by atoms with Crippen LogP contribution < -0.4 is 20.7 Å². The predicted octanol–water partition coefficient (Wildman–Crippen LogP) is 3.13. The lowest BCUT2D eigenvalue weighted by Gasteiger charge is -2.12. The molecule has 1 heterocycles. The Morgan fingerprint density at radius 2 is 1.93 bits per heavy atom. The summed E-state index contributed by atoms with van der Waals surface area (Å²) in [7, 11) is 1.68. The van der Waals surface area contributed by atoms with Crippen molar-refractivity contribution < 1.29 is 13.9 Å². The van der Waals surface area contributed by atoms with E-state index in [9.17, 15) is 4.79 Å². The Labute approximate surface area is 189 Å². The van der Waals surface area contributed by atoms with Crippen LogP contribution >= 0.6 is 24.0 Å². The van der Waals surface area contributed by atoms with E-state index in [1.807, 2.05) is 32.0 Å². The molecule has 8 heteroatoms. The minimum atomic E-state index is -0.187. The summed E-state index contributed by atoms with van der Waals surface area (Å²) in [6.45, 7) is 6.58. The molecule has 0 aliphatic heterocycles. The number of amides is 1. The summed E-state index contributed by atoms with van der Waals surface area (Å²) in [4.78, 5) is 16.5. The molecule has 0 saturated carbocycles. The fraction of sp³-hybridized carbons (Fsp3) is 0.429. The van der Waals surface area contributed by atoms with Crippen molar-refractivity contribution in [1.82, 2.24) is 16.0 Å². The second-order valence-corrected chi connectivity index (χ2v) is 6.29. The monoisotopic (exact) mass is 514 g/mol. The lowest BCUT2D eigenvalue weighted by Crippen LogP contribution is -2.38. The third kappa shape index (κ3) is 8.35. The van der Waals surface area contributed by atoms with Crippen LogP contribution in [0.1, 0.15) is 35.0 Å². The summed E-state index contributed by atoms with van der Waals surface area (Å²) in [6.07, 6.45) is 3.11. The molecule has 7 nitrogen and oxygen atoms in total. The van der Waals surface area contributed by atoms with Gasteiger partial charge in [0.05, 0.1) is 13.4 Å². The highest BCUT2D eigenvalue weighted by Gasteiger charge is 2.11. The first kappa shape index (κ1) is 24.8. The maximum atomic E-state index is 12.0. The SMILES string of the molecule is CCNC(=NCCCNC(=O)c1occc1C)NCCc1ccccc1OC.I. The number of rotatable bonds is 10. The van der Waals surface area contributed by atoms with Crippen LogP contribution in [0.25, 0.3) is 0 Å². The van der Waals surface area contributed by atoms with Crippen LogP contribution in [0.3, 0.4) is 0 Å². The van der Waals surface area contributed by atoms with E-state index < -0.39 is 0 Å². The van der Waals surface area contributed by atoms with Gasteiger partial charge in [0.1, 0.15) is 5.75 Å². The van der Waals surface area contributed by atoms with Crippen molar-refractivity contribution in [3.63, 3.8) is 0 Å². The van der Waals surface area contributed by atoms with Gasteiger partial charge >= 0.3 is 0 Å². The lowest BCUT2D eigenvalue weighted by molar-refractivity contribution is 0.0925. The average molecular weight is 514 g/mol. The number of carbonyl (C=O) groups excluding carboxylic acids is 1. The molecular weight excluding hydrogens is 483 g/mol. The minimum absolute atomic E-state index is 0. The van der Waals surface area contributed by atoms with Crippen molar-refractivity contribution in [2.24, 2.45) is 4.99 Å². The van der Waals surface area contributed by atoms with E-state index in [4.69, 9.17) is 9.15 Å². The minimum Gasteiger partial charge on any atom is -0.496 e. The molecule has 1 aromatic carbocycles. The molecule has 0 spiro atoms. The normalized spacial score (nSPS) is 10.8. The van der Waals surface area contributed by atoms with Gasteiger partial charge in [-0.25, -0.2) is 0 Å². The van der Waals surface area contributed by atoms with E-state index in [0.717, 1.165) is 48.8 Å². The zero-order chi connectivity index (χ0) is 20.2. The Bertz CT molecular complexity index is 777. The first-order chi connectivity index (χ1) is 13.7. The summed E-state index contributed by atoms with van der Waals surface area (Å²) >= 11 is 0. The number of para-hydroxylation sites is 1. The number of furan rings is 1. The van der Waals surface area contributed by atoms with Crippen molar-refractivity contribution in [2.45, 2.75) is 26.7 Å². The maximum absolute atomic E-state index is 12.0. The summed E-state index contributed by atoms with van der Waals surface area (Å²) in [5.41, 5.74) is 1.99. The van der Waals surface area contributed by atoms with Crippen LogP contribution in [-0.4, -0.2) is 45.2 Å². The molecule has 0 bridgehead atoms. The molecule has 2 rings (SSSR count). The van der Waals surface area contributed by atoms with E-state index >= 15 is 0 Å². The highest BCUT2D eigenvalue weighted by Crippen LogP contribution is 2.17. The fourth-order valence-electron chi connectivity index (χ4n) is 2.72. The maximum Gasteiger partial charge on any atom is 0.287 e. The molecule has 1 amide bonds. The van der Waals surface area contributed by atoms with Crippen molar-refractivity contribution >= 4 is 35.8 Å². The zero-order valence-corrected chi connectivity index (χ0v) is 19.6. The molecule has 29 heavy (non-hydrogen) atoms. The number of hydrogen-bond acceptors (Lipinski definition) is 4. The van der Waals surface area contributed by atoms with E-state index in [2.05, 4.69) is 27.0 Å². The number of nitrogens with zero attached hydrogens (tertiary/aromatic N) is 1. The van der Waals surface area contributed by atoms with Gasteiger partial charge in [0, 0.05) is 31.7 Å². The Kier molecular flexibility index (Phi) is 11.9. The summed E-state index contributed by atoms with van der Waals surface area (Å²) in [5, 5.41) is 9.42. The van der Waals surface area contributed by atoms with Gasteiger partial charge in [-0.05, 0) is 44.4 Å². The van der Waals surface area contributed by atoms with Crippen LogP contribution in [-0.2, 0) is 6.42 Å². The van der Waals surface area contributed by atoms with Gasteiger partial charge < -0.3 is 25.1 Å². The summed E-state index contributed by atoms with van der Waals surface area (Å²) < 4.78 is 10.6. The van der Waals surface area contributed by atoms with E-state index in [1.165, 1.54) is 6.26 Å². The Morgan fingerprint density at radius 3 is 2.62 bits per heavy atom. The number of ether oxygens (including phenoxy) is 1. The molecule has 2 aromatic rings. The highest BCUT2D eigenvalue weighted by molar-refractivity contribution is 14.0. The predicted molar refractivity (Wildman–Crippen MR) is 126 cm³/mol. The number of aliphatic imine (C=N–C) groups is 1. The van der Waals surface area contributed by atoms with Crippen LogP contribution in [0.5, 0.6) is 5.75 Å². The Morgan fingerprint density at radius 1 is 1.14 bits per heavy atom. The van der Waals surface area contributed by atoms with Gasteiger partial charge in [-0.2, -0.15) is 0 Å². The number of aryl methyl sites for hydroxylation is 1. The number of hydrogen-bond donors (Lipinski definition) is 3. The quantitative estimate of drug-likeness (QED) is 0.196. The standard InChI is InChI=1S/C21H30N4O3.HI/c1-4-22-21(25-14-10-17-8-5-6-9-18(17)27-3)24-13-7-12-23-20(26)19-16(2)11-15-28-19;/h5-6,8-9,11,15H,4,7,10,12-14H2,1-3H3,(H,23,26)(H2,22,24,25);1H. The molecule has 0 aliphatic rings. The van der Waals surface area contributed by atoms with Crippen molar-refractivity contribution in [1.29, 1.82) is 0 Å². The number of nitrogens with one attached hydrogen (secondary N) is 3. The first-order valence-electron chi connectivity index (χ1n) is 9.62. The number of methoxy groups -OCH3 is 1. The molecule has 0 fully saturated rings. The molecule has 0 saturated heterocycles. The Hall–Kier alpha value is -2.23. The first-order valence-corrected chi connectivity index (χ1v) is 9.62. The van der Waals surface area contributed by atoms with Crippen molar-refractivity contribution in [3.05, 3.63) is 53.5 Å². The average Bonchev–Trinajstić information content (AvgIpc) is 3.14. The highest BCUT2D eigenvalue weighted by atomic mass is 127. The molecule has 3 N–H and O–H groups in total. The fourth-order valence-corrected chi connectivity index (χ4v) is 2.72.